The van der Waals surface area contributed by atoms with Crippen molar-refractivity contribution in [1.29, 1.82) is 0 Å². The number of nitrogens with zero attached hydrogens (tertiary/aromatic N) is 1. The van der Waals surface area contributed by atoms with E-state index in [0.717, 1.165) is 5.92 Å². The van der Waals surface area contributed by atoms with E-state index in [2.05, 4.69) is 70.3 Å². The molecular weight excluding hydrogens is 300 g/mol. The minimum Gasteiger partial charge on any atom is -0.302 e. The second-order valence-corrected chi connectivity index (χ2v) is 8.86. The van der Waals surface area contributed by atoms with Gasteiger partial charge in [-0.1, -0.05) is 51.1 Å². The SMILES string of the molecule is Cc1nc(C(C)(C)C)sc1C(C)NC(c1ccccc1)C1CC1. The summed E-state index contributed by atoms with van der Waals surface area (Å²) < 4.78 is 0. The summed E-state index contributed by atoms with van der Waals surface area (Å²) >= 11 is 1.87. The lowest BCUT2D eigenvalue weighted by atomic mass is 9.98. The summed E-state index contributed by atoms with van der Waals surface area (Å²) in [5, 5.41) is 5.12. The average Bonchev–Trinajstić information content (AvgIpc) is 3.26. The highest BCUT2D eigenvalue weighted by Crippen LogP contribution is 2.43. The zero-order valence-corrected chi connectivity index (χ0v) is 15.7. The van der Waals surface area contributed by atoms with Gasteiger partial charge in [0, 0.05) is 22.4 Å². The van der Waals surface area contributed by atoms with Crippen LogP contribution in [0.3, 0.4) is 0 Å². The minimum absolute atomic E-state index is 0.128. The molecule has 2 aromatic rings. The summed E-state index contributed by atoms with van der Waals surface area (Å²) in [5.74, 6) is 0.787. The van der Waals surface area contributed by atoms with Crippen molar-refractivity contribution in [3.63, 3.8) is 0 Å². The van der Waals surface area contributed by atoms with Crippen LogP contribution in [0.5, 0.6) is 0 Å². The van der Waals surface area contributed by atoms with Crippen LogP contribution in [0.1, 0.15) is 73.8 Å². The quantitative estimate of drug-likeness (QED) is 0.778. The molecule has 0 aliphatic heterocycles. The molecule has 1 saturated carbocycles. The Hall–Kier alpha value is -1.19. The summed E-state index contributed by atoms with van der Waals surface area (Å²) in [5.41, 5.74) is 2.73. The third kappa shape index (κ3) is 3.84. The van der Waals surface area contributed by atoms with E-state index in [1.165, 1.54) is 34.0 Å². The molecule has 0 bridgehead atoms. The molecule has 0 amide bonds. The number of benzene rings is 1. The van der Waals surface area contributed by atoms with Crippen LogP contribution in [-0.2, 0) is 5.41 Å². The van der Waals surface area contributed by atoms with Gasteiger partial charge in [-0.05, 0) is 38.2 Å². The van der Waals surface area contributed by atoms with Crippen LogP contribution in [-0.4, -0.2) is 4.98 Å². The van der Waals surface area contributed by atoms with Gasteiger partial charge in [0.1, 0.15) is 0 Å². The molecule has 3 rings (SSSR count). The second kappa shape index (κ2) is 6.37. The van der Waals surface area contributed by atoms with E-state index < -0.39 is 0 Å². The fourth-order valence-corrected chi connectivity index (χ4v) is 4.21. The smallest absolute Gasteiger partial charge is 0.0985 e. The maximum Gasteiger partial charge on any atom is 0.0985 e. The topological polar surface area (TPSA) is 24.9 Å². The van der Waals surface area contributed by atoms with Crippen molar-refractivity contribution in [3.8, 4) is 0 Å². The van der Waals surface area contributed by atoms with Gasteiger partial charge in [0.05, 0.1) is 10.7 Å². The van der Waals surface area contributed by atoms with Crippen LogP contribution in [0.15, 0.2) is 30.3 Å². The predicted molar refractivity (Wildman–Crippen MR) is 99.0 cm³/mol. The molecule has 2 nitrogen and oxygen atoms in total. The van der Waals surface area contributed by atoms with Gasteiger partial charge in [0.15, 0.2) is 0 Å². The summed E-state index contributed by atoms with van der Waals surface area (Å²) in [6, 6.07) is 11.7. The summed E-state index contributed by atoms with van der Waals surface area (Å²) in [6.07, 6.45) is 2.68. The highest BCUT2D eigenvalue weighted by molar-refractivity contribution is 7.12. The van der Waals surface area contributed by atoms with E-state index in [9.17, 15) is 0 Å². The molecule has 23 heavy (non-hydrogen) atoms. The Labute approximate surface area is 144 Å². The van der Waals surface area contributed by atoms with Crippen molar-refractivity contribution in [3.05, 3.63) is 51.5 Å². The zero-order chi connectivity index (χ0) is 16.6. The number of hydrogen-bond acceptors (Lipinski definition) is 3. The molecule has 2 unspecified atom stereocenters. The number of aromatic nitrogens is 1. The Morgan fingerprint density at radius 2 is 1.83 bits per heavy atom. The lowest BCUT2D eigenvalue weighted by Crippen LogP contribution is -2.26. The lowest BCUT2D eigenvalue weighted by Gasteiger charge is -2.23. The molecule has 1 heterocycles. The Kier molecular flexibility index (Phi) is 4.61. The maximum atomic E-state index is 4.82. The summed E-state index contributed by atoms with van der Waals surface area (Å²) in [4.78, 5) is 6.21. The van der Waals surface area contributed by atoms with Gasteiger partial charge in [-0.3, -0.25) is 0 Å². The first-order valence-electron chi connectivity index (χ1n) is 8.65. The molecule has 1 fully saturated rings. The molecule has 1 aromatic heterocycles. The number of hydrogen-bond donors (Lipinski definition) is 1. The number of rotatable bonds is 5. The van der Waals surface area contributed by atoms with Crippen LogP contribution in [0.4, 0.5) is 0 Å². The van der Waals surface area contributed by atoms with E-state index >= 15 is 0 Å². The minimum atomic E-state index is 0.128. The van der Waals surface area contributed by atoms with Gasteiger partial charge in [-0.15, -0.1) is 11.3 Å². The Balaban J connectivity index is 1.80. The van der Waals surface area contributed by atoms with Crippen molar-refractivity contribution >= 4 is 11.3 Å². The second-order valence-electron chi connectivity index (χ2n) is 7.83. The predicted octanol–water partition coefficient (Wildman–Crippen LogP) is 5.55. The lowest BCUT2D eigenvalue weighted by molar-refractivity contribution is 0.430. The van der Waals surface area contributed by atoms with Crippen molar-refractivity contribution in [2.45, 2.75) is 65.0 Å². The first-order chi connectivity index (χ1) is 10.9. The first kappa shape index (κ1) is 16.7. The Bertz CT molecular complexity index is 650. The van der Waals surface area contributed by atoms with Gasteiger partial charge in [0.2, 0.25) is 0 Å². The maximum absolute atomic E-state index is 4.82. The highest BCUT2D eigenvalue weighted by Gasteiger charge is 2.34. The van der Waals surface area contributed by atoms with Gasteiger partial charge >= 0.3 is 0 Å². The molecule has 124 valence electrons. The molecule has 2 atom stereocenters. The van der Waals surface area contributed by atoms with E-state index in [-0.39, 0.29) is 5.41 Å². The molecule has 0 saturated heterocycles. The van der Waals surface area contributed by atoms with Crippen molar-refractivity contribution in [2.24, 2.45) is 5.92 Å². The molecule has 1 aliphatic rings. The highest BCUT2D eigenvalue weighted by atomic mass is 32.1. The van der Waals surface area contributed by atoms with E-state index in [1.807, 2.05) is 11.3 Å². The van der Waals surface area contributed by atoms with Gasteiger partial charge in [-0.2, -0.15) is 0 Å². The molecular formula is C20H28N2S. The van der Waals surface area contributed by atoms with Crippen LogP contribution >= 0.6 is 11.3 Å². The molecule has 1 N–H and O–H groups in total. The number of aryl methyl sites for hydroxylation is 1. The third-order valence-corrected chi connectivity index (χ3v) is 6.31. The molecule has 0 radical (unpaired) electrons. The normalized spacial score (nSPS) is 18.0. The van der Waals surface area contributed by atoms with Crippen molar-refractivity contribution < 1.29 is 0 Å². The van der Waals surface area contributed by atoms with Crippen LogP contribution in [0.2, 0.25) is 0 Å². The Morgan fingerprint density at radius 3 is 2.35 bits per heavy atom. The summed E-state index contributed by atoms with van der Waals surface area (Å²) in [6.45, 7) is 11.2. The van der Waals surface area contributed by atoms with Crippen LogP contribution in [0, 0.1) is 12.8 Å². The fraction of sp³-hybridized carbons (Fsp3) is 0.550. The largest absolute Gasteiger partial charge is 0.302 e. The fourth-order valence-electron chi connectivity index (χ4n) is 3.07. The zero-order valence-electron chi connectivity index (χ0n) is 14.9. The third-order valence-electron chi connectivity index (χ3n) is 4.55. The molecule has 1 aromatic carbocycles. The average molecular weight is 329 g/mol. The molecule has 1 aliphatic carbocycles. The van der Waals surface area contributed by atoms with Gasteiger partial charge < -0.3 is 5.32 Å². The van der Waals surface area contributed by atoms with E-state index in [1.54, 1.807) is 0 Å². The standard InChI is InChI=1S/C20H28N2S/c1-13(18-14(2)22-19(23-18)20(3,4)5)21-17(16-11-12-16)15-9-7-6-8-10-15/h6-10,13,16-17,21H,11-12H2,1-5H3. The van der Waals surface area contributed by atoms with Crippen molar-refractivity contribution in [2.75, 3.05) is 0 Å². The first-order valence-corrected chi connectivity index (χ1v) is 9.46. The van der Waals surface area contributed by atoms with Gasteiger partial charge in [0.25, 0.3) is 0 Å². The number of thiazole rings is 1. The monoisotopic (exact) mass is 328 g/mol. The van der Waals surface area contributed by atoms with E-state index in [4.69, 9.17) is 4.98 Å². The van der Waals surface area contributed by atoms with Crippen molar-refractivity contribution in [1.82, 2.24) is 10.3 Å². The van der Waals surface area contributed by atoms with Crippen LogP contribution < -0.4 is 5.32 Å². The molecule has 3 heteroatoms. The molecule has 0 spiro atoms. The number of nitrogens with one attached hydrogen (secondary N) is 1. The van der Waals surface area contributed by atoms with E-state index in [0.29, 0.717) is 12.1 Å². The summed E-state index contributed by atoms with van der Waals surface area (Å²) in [7, 11) is 0. The van der Waals surface area contributed by atoms with Crippen LogP contribution in [0.25, 0.3) is 0 Å². The van der Waals surface area contributed by atoms with Gasteiger partial charge in [-0.25, -0.2) is 4.98 Å². The Morgan fingerprint density at radius 1 is 1.17 bits per heavy atom.